The molecule has 0 bridgehead atoms. The van der Waals surface area contributed by atoms with Gasteiger partial charge in [0.1, 0.15) is 13.6 Å². The predicted octanol–water partition coefficient (Wildman–Crippen LogP) is -0.505. The van der Waals surface area contributed by atoms with Crippen LogP contribution in [0.5, 0.6) is 11.5 Å². The summed E-state index contributed by atoms with van der Waals surface area (Å²) in [5, 5.41) is 0. The average Bonchev–Trinajstić information content (AvgIpc) is 2.40. The molecule has 1 heterocycles. The number of hydrogen-bond donors (Lipinski definition) is 0. The number of halogens is 1. The van der Waals surface area contributed by atoms with Gasteiger partial charge in [0.05, 0.1) is 14.2 Å². The minimum Gasteiger partial charge on any atom is -1.00 e. The maximum absolute atomic E-state index is 5.41. The lowest BCUT2D eigenvalue weighted by Gasteiger charge is -2.19. The van der Waals surface area contributed by atoms with Crippen molar-refractivity contribution >= 4 is 5.71 Å². The first-order valence-corrected chi connectivity index (χ1v) is 6.53. The number of hydrogen-bond acceptors (Lipinski definition) is 2. The fourth-order valence-corrected chi connectivity index (χ4v) is 2.59. The number of rotatable bonds is 4. The van der Waals surface area contributed by atoms with Gasteiger partial charge >= 0.3 is 0 Å². The van der Waals surface area contributed by atoms with E-state index >= 15 is 0 Å². The first kappa shape index (κ1) is 16.3. The first-order valence-electron chi connectivity index (χ1n) is 6.53. The van der Waals surface area contributed by atoms with Crippen molar-refractivity contribution in [2.75, 3.05) is 27.8 Å². The molecule has 1 aromatic carbocycles. The Morgan fingerprint density at radius 1 is 1.16 bits per heavy atom. The van der Waals surface area contributed by atoms with Crippen LogP contribution in [0.2, 0.25) is 0 Å². The van der Waals surface area contributed by atoms with Gasteiger partial charge in [0, 0.05) is 18.4 Å². The Bertz CT molecular complexity index is 483. The smallest absolute Gasteiger partial charge is 0.183 e. The third kappa shape index (κ3) is 3.22. The molecule has 0 amide bonds. The second-order valence-electron chi connectivity index (χ2n) is 4.73. The van der Waals surface area contributed by atoms with Crippen molar-refractivity contribution in [3.63, 3.8) is 0 Å². The van der Waals surface area contributed by atoms with Crippen LogP contribution >= 0.6 is 0 Å². The minimum atomic E-state index is 0. The maximum atomic E-state index is 5.41. The molecule has 1 aliphatic rings. The van der Waals surface area contributed by atoms with Gasteiger partial charge in [-0.3, -0.25) is 0 Å². The summed E-state index contributed by atoms with van der Waals surface area (Å²) in [6.45, 7) is 3.30. The van der Waals surface area contributed by atoms with Crippen molar-refractivity contribution in [3.05, 3.63) is 23.3 Å². The van der Waals surface area contributed by atoms with Crippen LogP contribution in [0.1, 0.15) is 30.9 Å². The molecular formula is C15H22INO2. The fourth-order valence-electron chi connectivity index (χ4n) is 2.59. The molecule has 106 valence electrons. The topological polar surface area (TPSA) is 21.5 Å². The van der Waals surface area contributed by atoms with Crippen LogP contribution in [0.4, 0.5) is 0 Å². The third-order valence-electron chi connectivity index (χ3n) is 3.58. The highest BCUT2D eigenvalue weighted by Gasteiger charge is 2.24. The van der Waals surface area contributed by atoms with E-state index in [2.05, 4.69) is 30.7 Å². The lowest BCUT2D eigenvalue weighted by molar-refractivity contribution is -0.499. The molecular weight excluding hydrogens is 353 g/mol. The van der Waals surface area contributed by atoms with Gasteiger partial charge in [-0.2, -0.15) is 0 Å². The first-order chi connectivity index (χ1) is 8.71. The Hall–Kier alpha value is -0.780. The van der Waals surface area contributed by atoms with Gasteiger partial charge in [0.25, 0.3) is 0 Å². The molecule has 0 saturated heterocycles. The number of fused-ring (bicyclic) bond motifs is 1. The highest BCUT2D eigenvalue weighted by atomic mass is 127. The molecule has 0 saturated carbocycles. The lowest BCUT2D eigenvalue weighted by atomic mass is 9.94. The van der Waals surface area contributed by atoms with Crippen molar-refractivity contribution in [2.24, 2.45) is 0 Å². The molecule has 2 rings (SSSR count). The van der Waals surface area contributed by atoms with E-state index < -0.39 is 0 Å². The Balaban J connectivity index is 0.00000180. The Morgan fingerprint density at radius 3 is 2.37 bits per heavy atom. The van der Waals surface area contributed by atoms with Gasteiger partial charge in [0.15, 0.2) is 17.2 Å². The van der Waals surface area contributed by atoms with E-state index in [-0.39, 0.29) is 24.0 Å². The SMILES string of the molecule is CCCC1=[N+](C)CCc2cc(OC)c(OC)cc21.[I-]. The van der Waals surface area contributed by atoms with E-state index in [0.717, 1.165) is 37.3 Å². The fraction of sp³-hybridized carbons (Fsp3) is 0.533. The molecule has 0 aromatic heterocycles. The van der Waals surface area contributed by atoms with Gasteiger partial charge in [0.2, 0.25) is 0 Å². The van der Waals surface area contributed by atoms with Crippen molar-refractivity contribution in [2.45, 2.75) is 26.2 Å². The van der Waals surface area contributed by atoms with Crippen molar-refractivity contribution < 1.29 is 38.0 Å². The number of benzene rings is 1. The van der Waals surface area contributed by atoms with E-state index in [1.54, 1.807) is 14.2 Å². The van der Waals surface area contributed by atoms with Crippen molar-refractivity contribution in [1.29, 1.82) is 0 Å². The largest absolute Gasteiger partial charge is 1.00 e. The lowest BCUT2D eigenvalue weighted by Crippen LogP contribution is -3.00. The molecule has 3 nitrogen and oxygen atoms in total. The van der Waals surface area contributed by atoms with Gasteiger partial charge in [-0.05, 0) is 24.1 Å². The van der Waals surface area contributed by atoms with Gasteiger partial charge in [-0.1, -0.05) is 6.92 Å². The normalized spacial score (nSPS) is 13.7. The van der Waals surface area contributed by atoms with E-state index in [1.165, 1.54) is 16.8 Å². The molecule has 19 heavy (non-hydrogen) atoms. The van der Waals surface area contributed by atoms with Crippen molar-refractivity contribution in [3.8, 4) is 11.5 Å². The number of likely N-dealkylation sites (N-methyl/N-ethyl adjacent to an activating group) is 1. The average molecular weight is 375 g/mol. The quantitative estimate of drug-likeness (QED) is 0.523. The summed E-state index contributed by atoms with van der Waals surface area (Å²) in [7, 11) is 5.55. The van der Waals surface area contributed by atoms with Gasteiger partial charge < -0.3 is 33.5 Å². The second kappa shape index (κ2) is 7.12. The third-order valence-corrected chi connectivity index (χ3v) is 3.58. The minimum absolute atomic E-state index is 0. The van der Waals surface area contributed by atoms with Gasteiger partial charge in [-0.25, -0.2) is 4.58 Å². The summed E-state index contributed by atoms with van der Waals surface area (Å²) in [5.74, 6) is 1.65. The zero-order chi connectivity index (χ0) is 13.1. The number of methoxy groups -OCH3 is 2. The molecule has 0 N–H and O–H groups in total. The van der Waals surface area contributed by atoms with E-state index in [4.69, 9.17) is 9.47 Å². The zero-order valence-corrected chi connectivity index (χ0v) is 14.3. The Morgan fingerprint density at radius 2 is 1.79 bits per heavy atom. The summed E-state index contributed by atoms with van der Waals surface area (Å²) in [4.78, 5) is 0. The van der Waals surface area contributed by atoms with Crippen LogP contribution in [0, 0.1) is 0 Å². The molecule has 1 aromatic rings. The molecule has 0 aliphatic carbocycles. The van der Waals surface area contributed by atoms with E-state index in [9.17, 15) is 0 Å². The molecule has 0 fully saturated rings. The van der Waals surface area contributed by atoms with Gasteiger partial charge in [-0.15, -0.1) is 0 Å². The van der Waals surface area contributed by atoms with Crippen LogP contribution in [-0.4, -0.2) is 38.1 Å². The standard InChI is InChI=1S/C15H22NO2.HI/c1-5-6-13-12-10-15(18-4)14(17-3)9-11(12)7-8-16(13)2;/h9-10H,5-8H2,1-4H3;1H/q+1;/p-1. The molecule has 4 heteroatoms. The highest BCUT2D eigenvalue weighted by molar-refractivity contribution is 5.99. The summed E-state index contributed by atoms with van der Waals surface area (Å²) in [5.41, 5.74) is 4.11. The zero-order valence-electron chi connectivity index (χ0n) is 12.1. The summed E-state index contributed by atoms with van der Waals surface area (Å²) < 4.78 is 13.1. The summed E-state index contributed by atoms with van der Waals surface area (Å²) >= 11 is 0. The van der Waals surface area contributed by atoms with E-state index in [1.807, 2.05) is 0 Å². The molecule has 0 spiro atoms. The summed E-state index contributed by atoms with van der Waals surface area (Å²) in [6.07, 6.45) is 3.34. The maximum Gasteiger partial charge on any atom is 0.183 e. The second-order valence-corrected chi connectivity index (χ2v) is 4.73. The van der Waals surface area contributed by atoms with Crippen LogP contribution in [0.3, 0.4) is 0 Å². The molecule has 0 atom stereocenters. The Labute approximate surface area is 132 Å². The molecule has 0 unspecified atom stereocenters. The predicted molar refractivity (Wildman–Crippen MR) is 73.3 cm³/mol. The van der Waals surface area contributed by atoms with Crippen LogP contribution in [-0.2, 0) is 6.42 Å². The van der Waals surface area contributed by atoms with Crippen LogP contribution in [0.15, 0.2) is 12.1 Å². The van der Waals surface area contributed by atoms with Crippen molar-refractivity contribution in [1.82, 2.24) is 0 Å². The van der Waals surface area contributed by atoms with Crippen LogP contribution in [0.25, 0.3) is 0 Å². The monoisotopic (exact) mass is 375 g/mol. The van der Waals surface area contributed by atoms with Crippen LogP contribution < -0.4 is 33.5 Å². The summed E-state index contributed by atoms with van der Waals surface area (Å²) in [6, 6.07) is 4.24. The highest BCUT2D eigenvalue weighted by Crippen LogP contribution is 2.32. The van der Waals surface area contributed by atoms with E-state index in [0.29, 0.717) is 0 Å². The Kier molecular flexibility index (Phi) is 6.10. The number of nitrogens with zero attached hydrogens (tertiary/aromatic N) is 1. The molecule has 0 radical (unpaired) electrons. The number of ether oxygens (including phenoxy) is 2. The molecule has 1 aliphatic heterocycles.